The van der Waals surface area contributed by atoms with Crippen LogP contribution in [0.25, 0.3) is 0 Å². The molecule has 1 aliphatic heterocycles. The van der Waals surface area contributed by atoms with E-state index < -0.39 is 0 Å². The predicted octanol–water partition coefficient (Wildman–Crippen LogP) is 0.951. The zero-order chi connectivity index (χ0) is 10.5. The quantitative estimate of drug-likeness (QED) is 0.801. The van der Waals surface area contributed by atoms with Gasteiger partial charge in [-0.05, 0) is 37.4 Å². The molecule has 0 spiro atoms. The average molecular weight is 210 g/mol. The molecule has 0 amide bonds. The normalized spacial score (nSPS) is 17.0. The SMILES string of the molecule is NCCCc1nc(N2CCCCC2)no1. The van der Waals surface area contributed by atoms with Gasteiger partial charge in [-0.2, -0.15) is 4.98 Å². The van der Waals surface area contributed by atoms with Crippen LogP contribution in [0.1, 0.15) is 31.6 Å². The minimum atomic E-state index is 0.668. The summed E-state index contributed by atoms with van der Waals surface area (Å²) in [6.07, 6.45) is 5.46. The van der Waals surface area contributed by atoms with Crippen LogP contribution in [0.3, 0.4) is 0 Å². The monoisotopic (exact) mass is 210 g/mol. The van der Waals surface area contributed by atoms with E-state index in [1.807, 2.05) is 0 Å². The van der Waals surface area contributed by atoms with Crippen molar-refractivity contribution in [1.29, 1.82) is 0 Å². The molecule has 1 fully saturated rings. The molecule has 5 nitrogen and oxygen atoms in total. The molecule has 0 unspecified atom stereocenters. The van der Waals surface area contributed by atoms with Gasteiger partial charge in [0.2, 0.25) is 5.89 Å². The number of anilines is 1. The second-order valence-corrected chi connectivity index (χ2v) is 3.93. The Bertz CT molecular complexity index is 293. The second-order valence-electron chi connectivity index (χ2n) is 3.93. The minimum absolute atomic E-state index is 0.668. The first kappa shape index (κ1) is 10.4. The first-order valence-corrected chi connectivity index (χ1v) is 5.68. The third-order valence-corrected chi connectivity index (χ3v) is 2.69. The summed E-state index contributed by atoms with van der Waals surface area (Å²) in [6.45, 7) is 2.77. The van der Waals surface area contributed by atoms with Gasteiger partial charge in [0.1, 0.15) is 0 Å². The summed E-state index contributed by atoms with van der Waals surface area (Å²) in [7, 11) is 0. The molecular formula is C10H18N4O. The molecule has 2 heterocycles. The van der Waals surface area contributed by atoms with Crippen LogP contribution in [-0.2, 0) is 6.42 Å². The van der Waals surface area contributed by atoms with Crippen molar-refractivity contribution < 1.29 is 4.52 Å². The van der Waals surface area contributed by atoms with Crippen molar-refractivity contribution in [2.24, 2.45) is 5.73 Å². The van der Waals surface area contributed by atoms with Crippen molar-refractivity contribution in [3.63, 3.8) is 0 Å². The first-order valence-electron chi connectivity index (χ1n) is 5.68. The van der Waals surface area contributed by atoms with Gasteiger partial charge in [-0.15, -0.1) is 0 Å². The zero-order valence-electron chi connectivity index (χ0n) is 8.98. The topological polar surface area (TPSA) is 68.2 Å². The van der Waals surface area contributed by atoms with Gasteiger partial charge in [0.05, 0.1) is 0 Å². The van der Waals surface area contributed by atoms with Crippen LogP contribution in [0.4, 0.5) is 5.95 Å². The minimum Gasteiger partial charge on any atom is -0.338 e. The number of rotatable bonds is 4. The van der Waals surface area contributed by atoms with Gasteiger partial charge < -0.3 is 15.2 Å². The molecule has 0 saturated carbocycles. The van der Waals surface area contributed by atoms with E-state index in [1.165, 1.54) is 19.3 Å². The molecule has 0 radical (unpaired) electrons. The molecule has 1 aromatic heterocycles. The summed E-state index contributed by atoms with van der Waals surface area (Å²) in [6, 6.07) is 0. The van der Waals surface area contributed by atoms with Gasteiger partial charge in [0.25, 0.3) is 5.95 Å². The van der Waals surface area contributed by atoms with Crippen LogP contribution in [-0.4, -0.2) is 29.8 Å². The lowest BCUT2D eigenvalue weighted by Crippen LogP contribution is -2.30. The standard InChI is InChI=1S/C10H18N4O/c11-6-4-5-9-12-10(13-15-9)14-7-2-1-3-8-14/h1-8,11H2. The Morgan fingerprint density at radius 1 is 1.27 bits per heavy atom. The van der Waals surface area contributed by atoms with Gasteiger partial charge in [0, 0.05) is 19.5 Å². The molecule has 84 valence electrons. The summed E-state index contributed by atoms with van der Waals surface area (Å²) in [5, 5.41) is 3.99. The number of piperidine rings is 1. The average Bonchev–Trinajstić information content (AvgIpc) is 2.76. The van der Waals surface area contributed by atoms with E-state index in [4.69, 9.17) is 10.3 Å². The van der Waals surface area contributed by atoms with E-state index in [0.29, 0.717) is 12.4 Å². The van der Waals surface area contributed by atoms with Crippen LogP contribution in [0.5, 0.6) is 0 Å². The third-order valence-electron chi connectivity index (χ3n) is 2.69. The molecule has 1 aliphatic rings. The first-order chi connectivity index (χ1) is 7.40. The molecule has 0 bridgehead atoms. The van der Waals surface area contributed by atoms with E-state index >= 15 is 0 Å². The molecule has 0 atom stereocenters. The highest BCUT2D eigenvalue weighted by atomic mass is 16.5. The van der Waals surface area contributed by atoms with Crippen LogP contribution in [0.15, 0.2) is 4.52 Å². The molecule has 5 heteroatoms. The highest BCUT2D eigenvalue weighted by Gasteiger charge is 2.16. The lowest BCUT2D eigenvalue weighted by molar-refractivity contribution is 0.374. The smallest absolute Gasteiger partial charge is 0.266 e. The zero-order valence-corrected chi connectivity index (χ0v) is 8.98. The van der Waals surface area contributed by atoms with Crippen LogP contribution in [0.2, 0.25) is 0 Å². The highest BCUT2D eigenvalue weighted by Crippen LogP contribution is 2.16. The van der Waals surface area contributed by atoms with Crippen molar-refractivity contribution in [2.75, 3.05) is 24.5 Å². The fourth-order valence-corrected chi connectivity index (χ4v) is 1.82. The van der Waals surface area contributed by atoms with E-state index in [1.54, 1.807) is 0 Å². The summed E-state index contributed by atoms with van der Waals surface area (Å²) in [5.74, 6) is 1.46. The maximum Gasteiger partial charge on any atom is 0.266 e. The number of nitrogens with two attached hydrogens (primary N) is 1. The Morgan fingerprint density at radius 2 is 2.07 bits per heavy atom. The van der Waals surface area contributed by atoms with Crippen LogP contribution >= 0.6 is 0 Å². The number of hydrogen-bond donors (Lipinski definition) is 1. The van der Waals surface area contributed by atoms with Gasteiger partial charge in [-0.1, -0.05) is 0 Å². The van der Waals surface area contributed by atoms with E-state index in [-0.39, 0.29) is 0 Å². The summed E-state index contributed by atoms with van der Waals surface area (Å²) in [5.41, 5.74) is 5.43. The molecule has 15 heavy (non-hydrogen) atoms. The van der Waals surface area contributed by atoms with Crippen molar-refractivity contribution in [3.8, 4) is 0 Å². The number of aromatic nitrogens is 2. The van der Waals surface area contributed by atoms with Crippen molar-refractivity contribution in [1.82, 2.24) is 10.1 Å². The Kier molecular flexibility index (Phi) is 3.55. The van der Waals surface area contributed by atoms with Crippen LogP contribution in [0, 0.1) is 0 Å². The Labute approximate surface area is 89.6 Å². The summed E-state index contributed by atoms with van der Waals surface area (Å²) < 4.78 is 5.16. The van der Waals surface area contributed by atoms with Crippen molar-refractivity contribution >= 4 is 5.95 Å². The summed E-state index contributed by atoms with van der Waals surface area (Å²) >= 11 is 0. The Morgan fingerprint density at radius 3 is 2.80 bits per heavy atom. The molecule has 0 aliphatic carbocycles. The molecule has 1 saturated heterocycles. The molecule has 0 aromatic carbocycles. The summed E-state index contributed by atoms with van der Waals surface area (Å²) in [4.78, 5) is 6.56. The van der Waals surface area contributed by atoms with Gasteiger partial charge >= 0.3 is 0 Å². The number of hydrogen-bond acceptors (Lipinski definition) is 5. The second kappa shape index (κ2) is 5.11. The lowest BCUT2D eigenvalue weighted by atomic mass is 10.1. The van der Waals surface area contributed by atoms with Gasteiger partial charge in [-0.3, -0.25) is 0 Å². The molecule has 2 N–H and O–H groups in total. The molecule has 2 rings (SSSR count). The fourth-order valence-electron chi connectivity index (χ4n) is 1.82. The van der Waals surface area contributed by atoms with E-state index in [9.17, 15) is 0 Å². The van der Waals surface area contributed by atoms with Crippen molar-refractivity contribution in [3.05, 3.63) is 5.89 Å². The predicted molar refractivity (Wildman–Crippen MR) is 57.7 cm³/mol. The maximum absolute atomic E-state index is 5.43. The van der Waals surface area contributed by atoms with Gasteiger partial charge in [0.15, 0.2) is 0 Å². The van der Waals surface area contributed by atoms with E-state index in [2.05, 4.69) is 15.0 Å². The van der Waals surface area contributed by atoms with E-state index in [0.717, 1.165) is 31.9 Å². The van der Waals surface area contributed by atoms with Crippen LogP contribution < -0.4 is 10.6 Å². The Balaban J connectivity index is 1.93. The Hall–Kier alpha value is -1.10. The highest BCUT2D eigenvalue weighted by molar-refractivity contribution is 5.27. The van der Waals surface area contributed by atoms with Crippen molar-refractivity contribution in [2.45, 2.75) is 32.1 Å². The largest absolute Gasteiger partial charge is 0.338 e. The third kappa shape index (κ3) is 2.68. The maximum atomic E-state index is 5.43. The lowest BCUT2D eigenvalue weighted by Gasteiger charge is -2.24. The van der Waals surface area contributed by atoms with Gasteiger partial charge in [-0.25, -0.2) is 0 Å². The molecular weight excluding hydrogens is 192 g/mol. The number of nitrogens with zero attached hydrogens (tertiary/aromatic N) is 3. The fraction of sp³-hybridized carbons (Fsp3) is 0.800. The number of aryl methyl sites for hydroxylation is 1. The molecule has 1 aromatic rings.